The van der Waals surface area contributed by atoms with Gasteiger partial charge in [-0.15, -0.1) is 0 Å². The van der Waals surface area contributed by atoms with E-state index in [2.05, 4.69) is 5.32 Å². The summed E-state index contributed by atoms with van der Waals surface area (Å²) in [5.74, 6) is -1.04. The van der Waals surface area contributed by atoms with Crippen molar-refractivity contribution in [1.82, 2.24) is 5.32 Å². The molecule has 100 valence electrons. The maximum absolute atomic E-state index is 11.8. The first kappa shape index (κ1) is 14.3. The number of phenols is 2. The predicted molar refractivity (Wildman–Crippen MR) is 67.6 cm³/mol. The van der Waals surface area contributed by atoms with Crippen molar-refractivity contribution in [3.05, 3.63) is 23.8 Å². The number of aromatic hydroxyl groups is 2. The summed E-state index contributed by atoms with van der Waals surface area (Å²) in [5, 5.41) is 30.6. The molecule has 4 N–H and O–H groups in total. The number of hydrogen-bond acceptors (Lipinski definition) is 4. The van der Waals surface area contributed by atoms with Gasteiger partial charge in [0.25, 0.3) is 5.91 Å². The van der Waals surface area contributed by atoms with Crippen LogP contribution in [0, 0.1) is 5.41 Å². The highest BCUT2D eigenvalue weighted by Gasteiger charge is 2.21. The van der Waals surface area contributed by atoms with Gasteiger partial charge < -0.3 is 20.6 Å². The standard InChI is InChI=1S/C13H19NO4/c1-13(2,6-7-15)8-14-12(18)11-9(16)4-3-5-10(11)17/h3-5,15-17H,6-8H2,1-2H3,(H,14,18). The van der Waals surface area contributed by atoms with Crippen molar-refractivity contribution in [1.29, 1.82) is 0 Å². The predicted octanol–water partition coefficient (Wildman–Crippen LogP) is 1.24. The number of amides is 1. The van der Waals surface area contributed by atoms with Gasteiger partial charge in [0.1, 0.15) is 17.1 Å². The number of nitrogens with one attached hydrogen (secondary N) is 1. The molecule has 18 heavy (non-hydrogen) atoms. The lowest BCUT2D eigenvalue weighted by molar-refractivity contribution is 0.0922. The van der Waals surface area contributed by atoms with Gasteiger partial charge in [-0.1, -0.05) is 19.9 Å². The Hall–Kier alpha value is -1.75. The van der Waals surface area contributed by atoms with Crippen molar-refractivity contribution in [3.63, 3.8) is 0 Å². The molecule has 0 radical (unpaired) electrons. The Bertz CT molecular complexity index is 409. The topological polar surface area (TPSA) is 89.8 Å². The number of rotatable bonds is 5. The average molecular weight is 253 g/mol. The lowest BCUT2D eigenvalue weighted by Gasteiger charge is -2.24. The molecule has 0 saturated carbocycles. The van der Waals surface area contributed by atoms with Gasteiger partial charge in [0.05, 0.1) is 0 Å². The van der Waals surface area contributed by atoms with Gasteiger partial charge in [-0.05, 0) is 24.0 Å². The summed E-state index contributed by atoms with van der Waals surface area (Å²) in [6.45, 7) is 4.22. The smallest absolute Gasteiger partial charge is 0.258 e. The maximum Gasteiger partial charge on any atom is 0.258 e. The van der Waals surface area contributed by atoms with Gasteiger partial charge in [-0.25, -0.2) is 0 Å². The van der Waals surface area contributed by atoms with Crippen LogP contribution in [0.5, 0.6) is 11.5 Å². The van der Waals surface area contributed by atoms with Crippen LogP contribution in [0.4, 0.5) is 0 Å². The van der Waals surface area contributed by atoms with Crippen molar-refractivity contribution < 1.29 is 20.1 Å². The molecule has 5 nitrogen and oxygen atoms in total. The van der Waals surface area contributed by atoms with Crippen LogP contribution >= 0.6 is 0 Å². The Labute approximate surface area is 106 Å². The highest BCUT2D eigenvalue weighted by atomic mass is 16.3. The second kappa shape index (κ2) is 5.73. The molecule has 0 fully saturated rings. The Kier molecular flexibility index (Phi) is 4.55. The van der Waals surface area contributed by atoms with E-state index < -0.39 is 5.91 Å². The molecule has 1 rings (SSSR count). The summed E-state index contributed by atoms with van der Waals surface area (Å²) < 4.78 is 0. The Balaban J connectivity index is 2.72. The van der Waals surface area contributed by atoms with E-state index >= 15 is 0 Å². The zero-order valence-electron chi connectivity index (χ0n) is 10.6. The van der Waals surface area contributed by atoms with Crippen molar-refractivity contribution in [3.8, 4) is 11.5 Å². The molecule has 0 atom stereocenters. The third kappa shape index (κ3) is 3.63. The monoisotopic (exact) mass is 253 g/mol. The zero-order chi connectivity index (χ0) is 13.8. The van der Waals surface area contributed by atoms with Gasteiger partial charge in [-0.3, -0.25) is 4.79 Å². The minimum absolute atomic E-state index is 0.0463. The third-order valence-electron chi connectivity index (χ3n) is 2.76. The average Bonchev–Trinajstić information content (AvgIpc) is 2.26. The van der Waals surface area contributed by atoms with E-state index in [0.717, 1.165) is 0 Å². The van der Waals surface area contributed by atoms with Gasteiger partial charge in [0, 0.05) is 13.2 Å². The zero-order valence-corrected chi connectivity index (χ0v) is 10.6. The fourth-order valence-corrected chi connectivity index (χ4v) is 1.56. The lowest BCUT2D eigenvalue weighted by Crippen LogP contribution is -2.34. The fraction of sp³-hybridized carbons (Fsp3) is 0.462. The highest BCUT2D eigenvalue weighted by Crippen LogP contribution is 2.26. The summed E-state index contributed by atoms with van der Waals surface area (Å²) in [6.07, 6.45) is 0.556. The van der Waals surface area contributed by atoms with Gasteiger partial charge in [0.2, 0.25) is 0 Å². The van der Waals surface area contributed by atoms with Crippen LogP contribution in [0.2, 0.25) is 0 Å². The maximum atomic E-state index is 11.8. The second-order valence-corrected chi connectivity index (χ2v) is 4.99. The molecule has 0 saturated heterocycles. The van der Waals surface area contributed by atoms with Crippen LogP contribution in [0.3, 0.4) is 0 Å². The third-order valence-corrected chi connectivity index (χ3v) is 2.76. The van der Waals surface area contributed by atoms with Crippen LogP contribution in [-0.2, 0) is 0 Å². The first-order valence-corrected chi connectivity index (χ1v) is 5.77. The van der Waals surface area contributed by atoms with E-state index in [1.54, 1.807) is 0 Å². The minimum Gasteiger partial charge on any atom is -0.507 e. The van der Waals surface area contributed by atoms with Crippen molar-refractivity contribution in [2.75, 3.05) is 13.2 Å². The number of phenolic OH excluding ortho intramolecular Hbond substituents is 2. The first-order valence-electron chi connectivity index (χ1n) is 5.77. The van der Waals surface area contributed by atoms with Crippen LogP contribution in [0.15, 0.2) is 18.2 Å². The van der Waals surface area contributed by atoms with E-state index in [1.807, 2.05) is 13.8 Å². The number of hydrogen-bond donors (Lipinski definition) is 4. The minimum atomic E-state index is -0.531. The summed E-state index contributed by atoms with van der Waals surface area (Å²) in [7, 11) is 0. The highest BCUT2D eigenvalue weighted by molar-refractivity contribution is 5.99. The number of aliphatic hydroxyl groups is 1. The van der Waals surface area contributed by atoms with Crippen LogP contribution < -0.4 is 5.32 Å². The van der Waals surface area contributed by atoms with E-state index in [9.17, 15) is 15.0 Å². The van der Waals surface area contributed by atoms with Crippen LogP contribution in [0.1, 0.15) is 30.6 Å². The normalized spacial score (nSPS) is 11.3. The molecular weight excluding hydrogens is 234 g/mol. The van der Waals surface area contributed by atoms with E-state index in [4.69, 9.17) is 5.11 Å². The first-order chi connectivity index (χ1) is 8.37. The molecule has 0 aliphatic carbocycles. The number of aliphatic hydroxyl groups excluding tert-OH is 1. The number of benzene rings is 1. The Morgan fingerprint density at radius 3 is 2.33 bits per heavy atom. The number of carbonyl (C=O) groups is 1. The summed E-state index contributed by atoms with van der Waals surface area (Å²) >= 11 is 0. The molecule has 5 heteroatoms. The second-order valence-electron chi connectivity index (χ2n) is 4.99. The van der Waals surface area contributed by atoms with E-state index in [-0.39, 0.29) is 29.1 Å². The Morgan fingerprint density at radius 1 is 1.28 bits per heavy atom. The quantitative estimate of drug-likeness (QED) is 0.635. The molecule has 0 aliphatic heterocycles. The lowest BCUT2D eigenvalue weighted by atomic mass is 9.89. The molecule has 0 bridgehead atoms. The SMILES string of the molecule is CC(C)(CCO)CNC(=O)c1c(O)cccc1O. The van der Waals surface area contributed by atoms with E-state index in [0.29, 0.717) is 13.0 Å². The molecule has 0 heterocycles. The molecule has 1 aromatic rings. The van der Waals surface area contributed by atoms with Crippen molar-refractivity contribution in [2.45, 2.75) is 20.3 Å². The molecule has 0 aliphatic rings. The summed E-state index contributed by atoms with van der Waals surface area (Å²) in [5.41, 5.74) is -0.373. The molecule has 1 aromatic carbocycles. The van der Waals surface area contributed by atoms with E-state index in [1.165, 1.54) is 18.2 Å². The molecular formula is C13H19NO4. The number of carbonyl (C=O) groups excluding carboxylic acids is 1. The van der Waals surface area contributed by atoms with Crippen molar-refractivity contribution >= 4 is 5.91 Å². The molecule has 0 spiro atoms. The fourth-order valence-electron chi connectivity index (χ4n) is 1.56. The molecule has 0 unspecified atom stereocenters. The van der Waals surface area contributed by atoms with Gasteiger partial charge in [0.15, 0.2) is 0 Å². The summed E-state index contributed by atoms with van der Waals surface area (Å²) in [6, 6.07) is 4.14. The molecule has 0 aromatic heterocycles. The van der Waals surface area contributed by atoms with Gasteiger partial charge in [-0.2, -0.15) is 0 Å². The van der Waals surface area contributed by atoms with Crippen LogP contribution in [0.25, 0.3) is 0 Å². The Morgan fingerprint density at radius 2 is 1.83 bits per heavy atom. The van der Waals surface area contributed by atoms with Gasteiger partial charge >= 0.3 is 0 Å². The molecule has 1 amide bonds. The van der Waals surface area contributed by atoms with Crippen molar-refractivity contribution in [2.24, 2.45) is 5.41 Å². The summed E-state index contributed by atoms with van der Waals surface area (Å²) in [4.78, 5) is 11.8. The largest absolute Gasteiger partial charge is 0.507 e. The van der Waals surface area contributed by atoms with Crippen LogP contribution in [-0.4, -0.2) is 34.4 Å².